The van der Waals surface area contributed by atoms with E-state index in [1.165, 1.54) is 11.3 Å². The van der Waals surface area contributed by atoms with E-state index in [0.717, 1.165) is 45.4 Å². The highest BCUT2D eigenvalue weighted by atomic mass is 32.1. The largest absolute Gasteiger partial charge is 0.493 e. The van der Waals surface area contributed by atoms with Crippen LogP contribution in [0.4, 0.5) is 0 Å². The van der Waals surface area contributed by atoms with Gasteiger partial charge >= 0.3 is 0 Å². The van der Waals surface area contributed by atoms with Crippen LogP contribution in [0.5, 0.6) is 11.5 Å². The van der Waals surface area contributed by atoms with E-state index in [1.807, 2.05) is 53.6 Å². The third-order valence-corrected chi connectivity index (χ3v) is 7.93. The van der Waals surface area contributed by atoms with Gasteiger partial charge in [0.2, 0.25) is 0 Å². The van der Waals surface area contributed by atoms with Gasteiger partial charge in [-0.15, -0.1) is 11.3 Å². The quantitative estimate of drug-likeness (QED) is 0.357. The van der Waals surface area contributed by atoms with E-state index in [9.17, 15) is 10.1 Å². The Morgan fingerprint density at radius 2 is 1.94 bits per heavy atom. The predicted molar refractivity (Wildman–Crippen MR) is 137 cm³/mol. The van der Waals surface area contributed by atoms with Crippen LogP contribution in [0, 0.1) is 11.3 Å². The van der Waals surface area contributed by atoms with Gasteiger partial charge in [0.15, 0.2) is 11.5 Å². The molecule has 0 N–H and O–H groups in total. The fourth-order valence-corrected chi connectivity index (χ4v) is 6.15. The molecule has 0 aliphatic carbocycles. The zero-order valence-electron chi connectivity index (χ0n) is 20.1. The smallest absolute Gasteiger partial charge is 0.256 e. The lowest BCUT2D eigenvalue weighted by Crippen LogP contribution is -2.40. The van der Waals surface area contributed by atoms with Crippen LogP contribution in [0.2, 0.25) is 0 Å². The number of aryl methyl sites for hydroxylation is 1. The molecule has 7 heteroatoms. The molecule has 2 aromatic carbocycles. The van der Waals surface area contributed by atoms with Gasteiger partial charge in [0.25, 0.3) is 5.91 Å². The van der Waals surface area contributed by atoms with E-state index in [4.69, 9.17) is 9.47 Å². The molecule has 35 heavy (non-hydrogen) atoms. The molecule has 0 spiro atoms. The Kier molecular flexibility index (Phi) is 6.23. The minimum Gasteiger partial charge on any atom is -0.493 e. The Bertz CT molecular complexity index is 1450. The maximum absolute atomic E-state index is 14.1. The van der Waals surface area contributed by atoms with Crippen LogP contribution in [0.25, 0.3) is 10.9 Å². The zero-order chi connectivity index (χ0) is 24.5. The van der Waals surface area contributed by atoms with Crippen molar-refractivity contribution in [1.29, 1.82) is 5.26 Å². The van der Waals surface area contributed by atoms with Crippen molar-refractivity contribution >= 4 is 28.1 Å². The lowest BCUT2D eigenvalue weighted by atomic mass is 9.94. The molecule has 1 atom stereocenters. The number of nitriles is 1. The zero-order valence-corrected chi connectivity index (χ0v) is 20.9. The predicted octanol–water partition coefficient (Wildman–Crippen LogP) is 5.59. The van der Waals surface area contributed by atoms with Gasteiger partial charge < -0.3 is 18.9 Å². The van der Waals surface area contributed by atoms with Gasteiger partial charge in [-0.1, -0.05) is 24.3 Å². The van der Waals surface area contributed by atoms with Crippen molar-refractivity contribution in [3.63, 3.8) is 0 Å². The molecule has 5 rings (SSSR count). The monoisotopic (exact) mass is 485 g/mol. The number of thiophene rings is 1. The molecular weight excluding hydrogens is 458 g/mol. The van der Waals surface area contributed by atoms with Gasteiger partial charge in [0.1, 0.15) is 10.9 Å². The number of carbonyl (C=O) groups excluding carboxylic acids is 1. The number of amides is 1. The van der Waals surface area contributed by atoms with Gasteiger partial charge in [0, 0.05) is 35.1 Å². The van der Waals surface area contributed by atoms with Crippen LogP contribution < -0.4 is 9.47 Å². The standard InChI is InChI=1S/C28H27N3O3S/c1-4-30-17-22(21-7-5-6-8-23(21)30)28(32)31-12-11-19-15-20(16-29)35-27(19)24(31)13-18-9-10-25(33-2)26(14-18)34-3/h5-10,14-15,17,24H,4,11-13H2,1-3H3. The summed E-state index contributed by atoms with van der Waals surface area (Å²) in [4.78, 5) is 17.8. The van der Waals surface area contributed by atoms with Gasteiger partial charge in [-0.25, -0.2) is 0 Å². The Morgan fingerprint density at radius 3 is 2.69 bits per heavy atom. The number of hydrogen-bond donors (Lipinski definition) is 0. The summed E-state index contributed by atoms with van der Waals surface area (Å²) in [6, 6.07) is 18.0. The summed E-state index contributed by atoms with van der Waals surface area (Å²) in [5, 5.41) is 10.5. The maximum atomic E-state index is 14.1. The SMILES string of the molecule is CCn1cc(C(=O)N2CCc3cc(C#N)sc3C2Cc2ccc(OC)c(OC)c2)c2ccccc21. The Balaban J connectivity index is 1.57. The lowest BCUT2D eigenvalue weighted by molar-refractivity contribution is 0.0666. The number of ether oxygens (including phenoxy) is 2. The topological polar surface area (TPSA) is 67.5 Å². The fourth-order valence-electron chi connectivity index (χ4n) is 5.02. The first kappa shape index (κ1) is 23.0. The summed E-state index contributed by atoms with van der Waals surface area (Å²) in [7, 11) is 3.24. The summed E-state index contributed by atoms with van der Waals surface area (Å²) >= 11 is 1.49. The molecular formula is C28H27N3O3S. The lowest BCUT2D eigenvalue weighted by Gasteiger charge is -2.36. The third kappa shape index (κ3) is 4.04. The molecule has 4 aromatic rings. The van der Waals surface area contributed by atoms with Crippen molar-refractivity contribution in [2.75, 3.05) is 20.8 Å². The Labute approximate surface area is 208 Å². The highest BCUT2D eigenvalue weighted by Crippen LogP contribution is 2.40. The van der Waals surface area contributed by atoms with E-state index >= 15 is 0 Å². The van der Waals surface area contributed by atoms with Crippen LogP contribution in [-0.4, -0.2) is 36.1 Å². The van der Waals surface area contributed by atoms with Gasteiger partial charge in [-0.2, -0.15) is 5.26 Å². The second-order valence-corrected chi connectivity index (χ2v) is 9.70. The van der Waals surface area contributed by atoms with Crippen LogP contribution in [0.15, 0.2) is 54.7 Å². The number of nitrogens with zero attached hydrogens (tertiary/aromatic N) is 3. The molecule has 0 radical (unpaired) electrons. The number of hydrogen-bond acceptors (Lipinski definition) is 5. The number of fused-ring (bicyclic) bond motifs is 2. The maximum Gasteiger partial charge on any atom is 0.256 e. The number of rotatable bonds is 6. The van der Waals surface area contributed by atoms with E-state index in [-0.39, 0.29) is 11.9 Å². The molecule has 1 aliphatic heterocycles. The number of methoxy groups -OCH3 is 2. The summed E-state index contributed by atoms with van der Waals surface area (Å²) in [5.41, 5.74) is 3.99. The second-order valence-electron chi connectivity index (χ2n) is 8.62. The molecule has 3 heterocycles. The normalized spacial score (nSPS) is 15.0. The summed E-state index contributed by atoms with van der Waals surface area (Å²) < 4.78 is 13.0. The van der Waals surface area contributed by atoms with E-state index in [0.29, 0.717) is 29.3 Å². The Morgan fingerprint density at radius 1 is 1.14 bits per heavy atom. The molecule has 0 saturated carbocycles. The molecule has 1 amide bonds. The van der Waals surface area contributed by atoms with Crippen LogP contribution in [0.1, 0.15) is 44.2 Å². The molecule has 1 aliphatic rings. The van der Waals surface area contributed by atoms with Crippen molar-refractivity contribution in [2.45, 2.75) is 32.4 Å². The van der Waals surface area contributed by atoms with Gasteiger partial charge in [-0.05, 0) is 55.2 Å². The molecule has 0 bridgehead atoms. The molecule has 178 valence electrons. The molecule has 2 aromatic heterocycles. The summed E-state index contributed by atoms with van der Waals surface area (Å²) in [5.74, 6) is 1.36. The van der Waals surface area contributed by atoms with Crippen molar-refractivity contribution in [3.05, 3.63) is 81.2 Å². The number of carbonyl (C=O) groups is 1. The van der Waals surface area contributed by atoms with Crippen LogP contribution >= 0.6 is 11.3 Å². The summed E-state index contributed by atoms with van der Waals surface area (Å²) in [6.45, 7) is 3.49. The number of benzene rings is 2. The highest BCUT2D eigenvalue weighted by molar-refractivity contribution is 7.12. The van der Waals surface area contributed by atoms with Crippen LogP contribution in [-0.2, 0) is 19.4 Å². The first-order valence-corrected chi connectivity index (χ1v) is 12.5. The summed E-state index contributed by atoms with van der Waals surface area (Å²) in [6.07, 6.45) is 3.34. The van der Waals surface area contributed by atoms with Gasteiger partial charge in [-0.3, -0.25) is 4.79 Å². The van der Waals surface area contributed by atoms with E-state index < -0.39 is 0 Å². The average Bonchev–Trinajstić information content (AvgIpc) is 3.50. The van der Waals surface area contributed by atoms with E-state index in [2.05, 4.69) is 23.6 Å². The number of aromatic nitrogens is 1. The molecule has 1 unspecified atom stereocenters. The van der Waals surface area contributed by atoms with Crippen molar-refractivity contribution in [3.8, 4) is 17.6 Å². The van der Waals surface area contributed by atoms with Crippen molar-refractivity contribution < 1.29 is 14.3 Å². The Hall–Kier alpha value is -3.76. The molecule has 0 saturated heterocycles. The van der Waals surface area contributed by atoms with Crippen molar-refractivity contribution in [1.82, 2.24) is 9.47 Å². The average molecular weight is 486 g/mol. The molecule has 6 nitrogen and oxygen atoms in total. The number of para-hydroxylation sites is 1. The van der Waals surface area contributed by atoms with Crippen molar-refractivity contribution in [2.24, 2.45) is 0 Å². The minimum absolute atomic E-state index is 0.0245. The first-order valence-electron chi connectivity index (χ1n) is 11.7. The van der Waals surface area contributed by atoms with Crippen LogP contribution in [0.3, 0.4) is 0 Å². The van der Waals surface area contributed by atoms with Gasteiger partial charge in [0.05, 0.1) is 25.8 Å². The fraction of sp³-hybridized carbons (Fsp3) is 0.286. The van der Waals surface area contributed by atoms with E-state index in [1.54, 1.807) is 14.2 Å². The first-order chi connectivity index (χ1) is 17.1. The highest BCUT2D eigenvalue weighted by Gasteiger charge is 2.34. The molecule has 0 fully saturated rings. The second kappa shape index (κ2) is 9.47. The minimum atomic E-state index is -0.166. The third-order valence-electron chi connectivity index (χ3n) is 6.75.